The van der Waals surface area contributed by atoms with E-state index < -0.39 is 12.0 Å². The van der Waals surface area contributed by atoms with Crippen molar-refractivity contribution in [2.24, 2.45) is 4.99 Å². The first-order valence-electron chi connectivity index (χ1n) is 14.8. The molecule has 246 valence electrons. The molecule has 0 N–H and O–H groups in total. The SMILES string of the molecule is CCOC(=O)C1=C(C)N=c2s/c(=C\c3cc(Cl)c(OCc4cccc(F)c4)c(OC)c3)c(=O)n2[C@@H]1c1ccc(OC(C)C)c(OC)c1. The molecule has 1 aromatic heterocycles. The summed E-state index contributed by atoms with van der Waals surface area (Å²) in [7, 11) is 3.01. The molecule has 0 saturated heterocycles. The van der Waals surface area contributed by atoms with Crippen LogP contribution in [0.15, 0.2) is 75.7 Å². The minimum Gasteiger partial charge on any atom is -0.493 e. The van der Waals surface area contributed by atoms with E-state index in [1.807, 2.05) is 13.8 Å². The van der Waals surface area contributed by atoms with Crippen LogP contribution >= 0.6 is 22.9 Å². The summed E-state index contributed by atoms with van der Waals surface area (Å²) in [6.45, 7) is 7.48. The number of allylic oxidation sites excluding steroid dienone is 1. The fourth-order valence-electron chi connectivity index (χ4n) is 5.21. The van der Waals surface area contributed by atoms with Crippen LogP contribution in [-0.4, -0.2) is 37.5 Å². The lowest BCUT2D eigenvalue weighted by molar-refractivity contribution is -0.139. The van der Waals surface area contributed by atoms with E-state index in [0.717, 1.165) is 0 Å². The second-order valence-corrected chi connectivity index (χ2v) is 12.2. The zero-order valence-electron chi connectivity index (χ0n) is 26.8. The normalized spacial score (nSPS) is 14.5. The van der Waals surface area contributed by atoms with Crippen molar-refractivity contribution in [3.05, 3.63) is 113 Å². The molecule has 9 nitrogen and oxygen atoms in total. The van der Waals surface area contributed by atoms with E-state index in [2.05, 4.69) is 4.99 Å². The van der Waals surface area contributed by atoms with E-state index in [-0.39, 0.29) is 47.0 Å². The fourth-order valence-corrected chi connectivity index (χ4v) is 6.53. The van der Waals surface area contributed by atoms with Crippen LogP contribution in [0.4, 0.5) is 4.39 Å². The fraction of sp³-hybridized carbons (Fsp3) is 0.286. The molecule has 0 radical (unpaired) electrons. The number of carbonyl (C=O) groups excluding carboxylic acids is 1. The van der Waals surface area contributed by atoms with Gasteiger partial charge in [0.15, 0.2) is 27.8 Å². The number of methoxy groups -OCH3 is 2. The third-order valence-electron chi connectivity index (χ3n) is 7.20. The van der Waals surface area contributed by atoms with Gasteiger partial charge in [-0.25, -0.2) is 14.2 Å². The Morgan fingerprint density at radius 1 is 1.09 bits per heavy atom. The molecule has 0 aliphatic carbocycles. The Morgan fingerprint density at radius 3 is 2.53 bits per heavy atom. The maximum absolute atomic E-state index is 14.1. The van der Waals surface area contributed by atoms with E-state index in [0.29, 0.717) is 49.0 Å². The van der Waals surface area contributed by atoms with E-state index in [9.17, 15) is 14.0 Å². The minimum absolute atomic E-state index is 0.0727. The van der Waals surface area contributed by atoms with Crippen molar-refractivity contribution >= 4 is 35.0 Å². The molecule has 3 aromatic carbocycles. The van der Waals surface area contributed by atoms with E-state index in [4.69, 9.17) is 35.3 Å². The second kappa shape index (κ2) is 14.4. The molecule has 0 amide bonds. The predicted molar refractivity (Wildman–Crippen MR) is 178 cm³/mol. The molecule has 47 heavy (non-hydrogen) atoms. The highest BCUT2D eigenvalue weighted by atomic mass is 35.5. The Hall–Kier alpha value is -4.61. The Bertz CT molecular complexity index is 2040. The third kappa shape index (κ3) is 7.21. The molecule has 1 aliphatic rings. The first-order valence-corrected chi connectivity index (χ1v) is 16.0. The summed E-state index contributed by atoms with van der Waals surface area (Å²) >= 11 is 7.79. The lowest BCUT2D eigenvalue weighted by Gasteiger charge is -2.25. The van der Waals surface area contributed by atoms with Crippen LogP contribution < -0.4 is 33.8 Å². The molecule has 0 bridgehead atoms. The third-order valence-corrected chi connectivity index (χ3v) is 8.47. The van der Waals surface area contributed by atoms with Gasteiger partial charge in [0, 0.05) is 0 Å². The molecule has 0 unspecified atom stereocenters. The Morgan fingerprint density at radius 2 is 1.85 bits per heavy atom. The average Bonchev–Trinajstić information content (AvgIpc) is 3.33. The maximum atomic E-state index is 14.1. The summed E-state index contributed by atoms with van der Waals surface area (Å²) in [5.74, 6) is 0.667. The van der Waals surface area contributed by atoms with Crippen molar-refractivity contribution in [3.63, 3.8) is 0 Å². The van der Waals surface area contributed by atoms with Crippen LogP contribution in [0.1, 0.15) is 50.4 Å². The van der Waals surface area contributed by atoms with Crippen molar-refractivity contribution < 1.29 is 32.9 Å². The molecular formula is C35H34ClFN2O7S. The number of carbonyl (C=O) groups is 1. The highest BCUT2D eigenvalue weighted by molar-refractivity contribution is 7.07. The highest BCUT2D eigenvalue weighted by Gasteiger charge is 2.34. The average molecular weight is 681 g/mol. The molecule has 2 heterocycles. The topological polar surface area (TPSA) is 97.6 Å². The van der Waals surface area contributed by atoms with Gasteiger partial charge in [-0.1, -0.05) is 41.1 Å². The smallest absolute Gasteiger partial charge is 0.338 e. The van der Waals surface area contributed by atoms with Crippen LogP contribution in [0.25, 0.3) is 6.08 Å². The standard InChI is InChI=1S/C35H34ClFN2O7S/c1-7-44-34(41)30-20(4)38-35-39(31(30)23-11-12-26(46-19(2)3)27(17-23)42-5)33(40)29(47-35)16-22-14-25(36)32(28(15-22)43-6)45-18-21-9-8-10-24(37)13-21/h8-17,19,31H,7,18H2,1-6H3/b29-16-/t31-/m1/s1. The van der Waals surface area contributed by atoms with Crippen LogP contribution in [0, 0.1) is 5.82 Å². The number of thiazole rings is 1. The van der Waals surface area contributed by atoms with E-state index in [1.54, 1.807) is 62.4 Å². The second-order valence-electron chi connectivity index (χ2n) is 10.8. The molecule has 5 rings (SSSR count). The largest absolute Gasteiger partial charge is 0.493 e. The van der Waals surface area contributed by atoms with Gasteiger partial charge in [-0.2, -0.15) is 0 Å². The number of aromatic nitrogens is 1. The van der Waals surface area contributed by atoms with Crippen LogP contribution in [0.2, 0.25) is 5.02 Å². The molecule has 0 saturated carbocycles. The number of nitrogens with zero attached hydrogens (tertiary/aromatic N) is 2. The van der Waals surface area contributed by atoms with Crippen molar-refractivity contribution in [1.29, 1.82) is 0 Å². The van der Waals surface area contributed by atoms with E-state index in [1.165, 1.54) is 42.3 Å². The van der Waals surface area contributed by atoms with Crippen LogP contribution in [0.3, 0.4) is 0 Å². The summed E-state index contributed by atoms with van der Waals surface area (Å²) in [6.07, 6.45) is 1.58. The molecule has 12 heteroatoms. The van der Waals surface area contributed by atoms with Gasteiger partial charge >= 0.3 is 5.97 Å². The first kappa shape index (κ1) is 33.7. The van der Waals surface area contributed by atoms with Crippen molar-refractivity contribution in [3.8, 4) is 23.0 Å². The number of halogens is 2. The van der Waals surface area contributed by atoms with Gasteiger partial charge in [0.1, 0.15) is 12.4 Å². The summed E-state index contributed by atoms with van der Waals surface area (Å²) in [5.41, 5.74) is 2.13. The van der Waals surface area contributed by atoms with E-state index >= 15 is 0 Å². The molecular weight excluding hydrogens is 647 g/mol. The quantitative estimate of drug-likeness (QED) is 0.180. The van der Waals surface area contributed by atoms with Gasteiger partial charge in [-0.3, -0.25) is 9.36 Å². The highest BCUT2D eigenvalue weighted by Crippen LogP contribution is 2.38. The zero-order valence-corrected chi connectivity index (χ0v) is 28.3. The number of benzene rings is 3. The number of hydrogen-bond donors (Lipinski definition) is 0. The minimum atomic E-state index is -0.842. The number of ether oxygens (including phenoxy) is 5. The monoisotopic (exact) mass is 680 g/mol. The van der Waals surface area contributed by atoms with Gasteiger partial charge in [0.25, 0.3) is 5.56 Å². The summed E-state index contributed by atoms with van der Waals surface area (Å²) in [4.78, 5) is 32.5. The lowest BCUT2D eigenvalue weighted by Crippen LogP contribution is -2.40. The molecule has 1 atom stereocenters. The first-order chi connectivity index (χ1) is 22.5. The van der Waals surface area contributed by atoms with Crippen molar-refractivity contribution in [1.82, 2.24) is 4.57 Å². The Balaban J connectivity index is 1.60. The zero-order chi connectivity index (χ0) is 33.8. The molecule has 0 spiro atoms. The van der Waals surface area contributed by atoms with Gasteiger partial charge in [0.05, 0.1) is 53.8 Å². The Kier molecular flexibility index (Phi) is 10.4. The molecule has 1 aliphatic heterocycles. The maximum Gasteiger partial charge on any atom is 0.338 e. The number of hydrogen-bond acceptors (Lipinski definition) is 9. The molecule has 4 aromatic rings. The summed E-state index contributed by atoms with van der Waals surface area (Å²) in [5, 5.41) is 0.244. The van der Waals surface area contributed by atoms with Gasteiger partial charge in [0.2, 0.25) is 0 Å². The number of rotatable bonds is 11. The van der Waals surface area contributed by atoms with Gasteiger partial charge in [-0.05, 0) is 86.9 Å². The van der Waals surface area contributed by atoms with Gasteiger partial charge in [-0.15, -0.1) is 0 Å². The van der Waals surface area contributed by atoms with Gasteiger partial charge < -0.3 is 23.7 Å². The Labute approximate surface area is 280 Å². The van der Waals surface area contributed by atoms with Crippen molar-refractivity contribution in [2.45, 2.75) is 46.4 Å². The number of esters is 1. The van der Waals surface area contributed by atoms with Crippen molar-refractivity contribution in [2.75, 3.05) is 20.8 Å². The van der Waals surface area contributed by atoms with Crippen LogP contribution in [-0.2, 0) is 16.1 Å². The summed E-state index contributed by atoms with van der Waals surface area (Å²) in [6, 6.07) is 13.9. The predicted octanol–water partition coefficient (Wildman–Crippen LogP) is 5.97. The lowest BCUT2D eigenvalue weighted by atomic mass is 9.95. The number of fused-ring (bicyclic) bond motifs is 1. The van der Waals surface area contributed by atoms with Crippen LogP contribution in [0.5, 0.6) is 23.0 Å². The summed E-state index contributed by atoms with van der Waals surface area (Å²) < 4.78 is 43.8. The molecule has 0 fully saturated rings.